The van der Waals surface area contributed by atoms with Gasteiger partial charge in [0.1, 0.15) is 11.5 Å². The maximum atomic E-state index is 12.8. The zero-order valence-corrected chi connectivity index (χ0v) is 12.2. The fourth-order valence-corrected chi connectivity index (χ4v) is 2.65. The molecule has 4 rings (SSSR count). The lowest BCUT2D eigenvalue weighted by Crippen LogP contribution is -2.14. The van der Waals surface area contributed by atoms with Gasteiger partial charge in [0, 0.05) is 11.6 Å². The van der Waals surface area contributed by atoms with Gasteiger partial charge in [-0.2, -0.15) is 0 Å². The van der Waals surface area contributed by atoms with Gasteiger partial charge in [-0.25, -0.2) is 4.68 Å². The van der Waals surface area contributed by atoms with E-state index < -0.39 is 14.1 Å². The predicted octanol–water partition coefficient (Wildman–Crippen LogP) is 2.88. The van der Waals surface area contributed by atoms with Crippen molar-refractivity contribution in [3.63, 3.8) is 0 Å². The molecular formula is C18H15N3O3. The molecule has 0 radical (unpaired) electrons. The number of fused-ring (bicyclic) bond motifs is 3. The maximum absolute atomic E-state index is 12.8. The molecule has 0 fully saturated rings. The van der Waals surface area contributed by atoms with Crippen molar-refractivity contribution >= 4 is 21.8 Å². The monoisotopic (exact) mass is 327 g/mol. The van der Waals surface area contributed by atoms with E-state index in [1.165, 1.54) is 47.3 Å². The number of ether oxygens (including phenoxy) is 2. The number of aromatic nitrogens is 3. The molecular weight excluding hydrogens is 306 g/mol. The van der Waals surface area contributed by atoms with Gasteiger partial charge in [-0.05, 0) is 42.5 Å². The Labute approximate surface area is 145 Å². The Bertz CT molecular complexity index is 1290. The molecule has 0 saturated heterocycles. The number of hydrogen-bond acceptors (Lipinski definition) is 4. The Morgan fingerprint density at radius 2 is 1.79 bits per heavy atom. The van der Waals surface area contributed by atoms with Crippen LogP contribution in [0.25, 0.3) is 27.5 Å². The molecule has 2 aromatic carbocycles. The van der Waals surface area contributed by atoms with Crippen molar-refractivity contribution < 1.29 is 17.7 Å². The van der Waals surface area contributed by atoms with E-state index in [0.29, 0.717) is 27.5 Å². The summed E-state index contributed by atoms with van der Waals surface area (Å²) >= 11 is 0. The van der Waals surface area contributed by atoms with Crippen molar-refractivity contribution in [3.8, 4) is 17.2 Å². The van der Waals surface area contributed by atoms with Crippen LogP contribution >= 0.6 is 0 Å². The predicted molar refractivity (Wildman–Crippen MR) is 92.3 cm³/mol. The van der Waals surface area contributed by atoms with E-state index in [9.17, 15) is 4.79 Å². The zero-order chi connectivity index (χ0) is 21.7. The third-order valence-corrected chi connectivity index (χ3v) is 3.83. The molecule has 6 nitrogen and oxygen atoms in total. The van der Waals surface area contributed by atoms with Gasteiger partial charge in [0.15, 0.2) is 0 Å². The zero-order valence-electron chi connectivity index (χ0n) is 18.2. The highest BCUT2D eigenvalue weighted by Gasteiger charge is 2.12. The number of nitrogens with zero attached hydrogens (tertiary/aromatic N) is 2. The smallest absolute Gasteiger partial charge is 0.280 e. The lowest BCUT2D eigenvalue weighted by molar-refractivity contribution is 0.414. The second kappa shape index (κ2) is 5.42. The molecule has 2 heterocycles. The van der Waals surface area contributed by atoms with Gasteiger partial charge >= 0.3 is 0 Å². The van der Waals surface area contributed by atoms with Crippen LogP contribution in [0.15, 0.2) is 53.5 Å². The minimum absolute atomic E-state index is 0.122. The molecule has 2 aromatic heterocycles. The quantitative estimate of drug-likeness (QED) is 0.628. The molecule has 0 aliphatic rings. The number of rotatable bonds is 3. The highest BCUT2D eigenvalue weighted by Crippen LogP contribution is 2.25. The Balaban J connectivity index is 1.80. The van der Waals surface area contributed by atoms with Gasteiger partial charge in [-0.1, -0.05) is 0 Å². The first-order chi connectivity index (χ1) is 14.0. The lowest BCUT2D eigenvalue weighted by atomic mass is 10.1. The highest BCUT2D eigenvalue weighted by atomic mass is 16.5. The summed E-state index contributed by atoms with van der Waals surface area (Å²) in [7, 11) is -5.18. The van der Waals surface area contributed by atoms with Gasteiger partial charge in [0.05, 0.1) is 44.4 Å². The summed E-state index contributed by atoms with van der Waals surface area (Å²) in [5.41, 5.74) is 1.10. The summed E-state index contributed by atoms with van der Waals surface area (Å²) in [6.45, 7) is 0. The van der Waals surface area contributed by atoms with Crippen LogP contribution in [0.5, 0.6) is 11.5 Å². The van der Waals surface area contributed by atoms with Gasteiger partial charge in [-0.15, -0.1) is 0 Å². The summed E-state index contributed by atoms with van der Waals surface area (Å²) in [6, 6.07) is 10.6. The van der Waals surface area contributed by atoms with Crippen LogP contribution in [-0.4, -0.2) is 28.8 Å². The molecule has 4 aromatic rings. The molecule has 0 aliphatic heterocycles. The number of pyridine rings is 1. The second-order valence-electron chi connectivity index (χ2n) is 5.18. The van der Waals surface area contributed by atoms with Gasteiger partial charge in [-0.3, -0.25) is 14.9 Å². The largest absolute Gasteiger partial charge is 0.497 e. The summed E-state index contributed by atoms with van der Waals surface area (Å²) in [5, 5.41) is 3.82. The Hall–Kier alpha value is -3.28. The van der Waals surface area contributed by atoms with Crippen LogP contribution in [0.3, 0.4) is 0 Å². The van der Waals surface area contributed by atoms with E-state index in [1.54, 1.807) is 6.07 Å². The summed E-state index contributed by atoms with van der Waals surface area (Å²) in [6.07, 6.45) is 1.43. The molecule has 0 atom stereocenters. The number of nitrogens with one attached hydrogen (secondary N) is 1. The standard InChI is InChI=1S/C18H15N3O3/c1-23-12-5-3-11(4-6-12)21-18(22)15-10-19-16-8-7-13(24-2)9-14(16)17(15)20-21/h3-10,20H,1-2H3/i1D3,2D3. The van der Waals surface area contributed by atoms with Crippen LogP contribution in [0.4, 0.5) is 0 Å². The Kier molecular flexibility index (Phi) is 2.06. The SMILES string of the molecule is [2H]C([2H])([2H])Oc1ccc(-n2[nH]c3c(cnc4ccc(OC([2H])([2H])[2H])cc43)c2=O)cc1. The molecule has 0 aliphatic carbocycles. The summed E-state index contributed by atoms with van der Waals surface area (Å²) in [5.74, 6) is 0.262. The average Bonchev–Trinajstić information content (AvgIpc) is 2.97. The van der Waals surface area contributed by atoms with Crippen molar-refractivity contribution in [2.45, 2.75) is 0 Å². The van der Waals surface area contributed by atoms with E-state index >= 15 is 0 Å². The first kappa shape index (κ1) is 9.12. The highest BCUT2D eigenvalue weighted by molar-refractivity contribution is 6.03. The van der Waals surface area contributed by atoms with Crippen molar-refractivity contribution in [1.82, 2.24) is 14.8 Å². The third-order valence-electron chi connectivity index (χ3n) is 3.83. The fraction of sp³-hybridized carbons (Fsp3) is 0.111. The normalized spacial score (nSPS) is 15.8. The van der Waals surface area contributed by atoms with Crippen molar-refractivity contribution in [1.29, 1.82) is 0 Å². The van der Waals surface area contributed by atoms with Gasteiger partial charge in [0.25, 0.3) is 5.56 Å². The van der Waals surface area contributed by atoms with E-state index in [0.717, 1.165) is 0 Å². The van der Waals surface area contributed by atoms with Crippen molar-refractivity contribution in [2.75, 3.05) is 14.1 Å². The van der Waals surface area contributed by atoms with Crippen LogP contribution in [0.1, 0.15) is 8.22 Å². The van der Waals surface area contributed by atoms with E-state index in [2.05, 4.69) is 10.1 Å². The van der Waals surface area contributed by atoms with Crippen molar-refractivity contribution in [2.24, 2.45) is 0 Å². The number of aromatic amines is 1. The Morgan fingerprint density at radius 1 is 1.04 bits per heavy atom. The van der Waals surface area contributed by atoms with Gasteiger partial charge < -0.3 is 9.47 Å². The van der Waals surface area contributed by atoms with Gasteiger partial charge in [0.2, 0.25) is 0 Å². The molecule has 120 valence electrons. The second-order valence-corrected chi connectivity index (χ2v) is 5.18. The Morgan fingerprint density at radius 3 is 2.58 bits per heavy atom. The van der Waals surface area contributed by atoms with E-state index in [4.69, 9.17) is 17.7 Å². The number of hydrogen-bond donors (Lipinski definition) is 1. The number of benzene rings is 2. The molecule has 24 heavy (non-hydrogen) atoms. The first-order valence-corrected chi connectivity index (χ1v) is 7.02. The fourth-order valence-electron chi connectivity index (χ4n) is 2.65. The molecule has 1 N–H and O–H groups in total. The van der Waals surface area contributed by atoms with Crippen LogP contribution < -0.4 is 15.0 Å². The first-order valence-electron chi connectivity index (χ1n) is 10.0. The molecule has 0 amide bonds. The maximum Gasteiger partial charge on any atom is 0.280 e. The third kappa shape index (κ3) is 2.11. The van der Waals surface area contributed by atoms with Crippen LogP contribution in [0, 0.1) is 0 Å². The molecule has 0 saturated carbocycles. The number of methoxy groups -OCH3 is 2. The summed E-state index contributed by atoms with van der Waals surface area (Å²) in [4.78, 5) is 17.1. The minimum atomic E-state index is -2.60. The number of H-pyrrole nitrogens is 1. The summed E-state index contributed by atoms with van der Waals surface area (Å²) < 4.78 is 54.2. The average molecular weight is 327 g/mol. The van der Waals surface area contributed by atoms with Crippen LogP contribution in [-0.2, 0) is 0 Å². The van der Waals surface area contributed by atoms with Crippen molar-refractivity contribution in [3.05, 3.63) is 59.0 Å². The molecule has 0 bridgehead atoms. The molecule has 0 unspecified atom stereocenters. The van der Waals surface area contributed by atoms with E-state index in [1.807, 2.05) is 0 Å². The van der Waals surface area contributed by atoms with Crippen LogP contribution in [0.2, 0.25) is 0 Å². The minimum Gasteiger partial charge on any atom is -0.497 e. The molecule has 6 heteroatoms. The topological polar surface area (TPSA) is 69.1 Å². The van der Waals surface area contributed by atoms with E-state index in [-0.39, 0.29) is 17.1 Å². The lowest BCUT2D eigenvalue weighted by Gasteiger charge is -2.04. The molecule has 0 spiro atoms.